The number of benzene rings is 2. The normalized spacial score (nSPS) is 14.7. The van der Waals surface area contributed by atoms with Gasteiger partial charge in [-0.25, -0.2) is 0 Å². The highest BCUT2D eigenvalue weighted by Gasteiger charge is 2.25. The van der Waals surface area contributed by atoms with E-state index in [2.05, 4.69) is 11.4 Å². The van der Waals surface area contributed by atoms with Crippen LogP contribution in [-0.4, -0.2) is 24.4 Å². The molecule has 0 aliphatic carbocycles. The van der Waals surface area contributed by atoms with Crippen molar-refractivity contribution >= 4 is 35.6 Å². The van der Waals surface area contributed by atoms with Gasteiger partial charge in [-0.3, -0.25) is 9.59 Å². The first-order chi connectivity index (χ1) is 12.5. The van der Waals surface area contributed by atoms with E-state index in [0.29, 0.717) is 17.8 Å². The number of halogens is 1. The third kappa shape index (κ3) is 4.49. The van der Waals surface area contributed by atoms with Crippen molar-refractivity contribution in [3.63, 3.8) is 0 Å². The van der Waals surface area contributed by atoms with E-state index in [4.69, 9.17) is 5.73 Å². The molecular formula is C21H26ClN3O2. The molecule has 3 rings (SSSR count). The predicted octanol–water partition coefficient (Wildman–Crippen LogP) is 3.62. The molecule has 5 nitrogen and oxygen atoms in total. The summed E-state index contributed by atoms with van der Waals surface area (Å²) in [5.41, 5.74) is 9.38. The molecule has 1 aliphatic rings. The van der Waals surface area contributed by atoms with Crippen molar-refractivity contribution in [3.05, 3.63) is 59.7 Å². The van der Waals surface area contributed by atoms with Crippen LogP contribution < -0.4 is 16.0 Å². The van der Waals surface area contributed by atoms with Crippen molar-refractivity contribution in [2.75, 3.05) is 16.8 Å². The molecule has 27 heavy (non-hydrogen) atoms. The summed E-state index contributed by atoms with van der Waals surface area (Å²) in [4.78, 5) is 26.8. The first-order valence-electron chi connectivity index (χ1n) is 9.07. The number of carbonyl (C=O) groups excluding carboxylic acids is 2. The number of carbonyl (C=O) groups is 2. The molecule has 2 amide bonds. The largest absolute Gasteiger partial charge is 0.325 e. The van der Waals surface area contributed by atoms with Gasteiger partial charge in [0.15, 0.2) is 0 Å². The van der Waals surface area contributed by atoms with Gasteiger partial charge in [0, 0.05) is 23.5 Å². The third-order valence-electron chi connectivity index (χ3n) is 5.09. The zero-order valence-electron chi connectivity index (χ0n) is 15.6. The van der Waals surface area contributed by atoms with E-state index in [0.717, 1.165) is 18.5 Å². The Labute approximate surface area is 166 Å². The van der Waals surface area contributed by atoms with Gasteiger partial charge in [-0.1, -0.05) is 38.5 Å². The van der Waals surface area contributed by atoms with Gasteiger partial charge in [0.2, 0.25) is 5.91 Å². The molecule has 0 saturated carbocycles. The van der Waals surface area contributed by atoms with Gasteiger partial charge in [-0.05, 0) is 48.2 Å². The minimum absolute atomic E-state index is 0. The minimum Gasteiger partial charge on any atom is -0.325 e. The van der Waals surface area contributed by atoms with Crippen LogP contribution in [-0.2, 0) is 11.2 Å². The van der Waals surface area contributed by atoms with Crippen LogP contribution in [0.1, 0.15) is 36.2 Å². The van der Waals surface area contributed by atoms with Gasteiger partial charge in [0.1, 0.15) is 0 Å². The lowest BCUT2D eigenvalue weighted by Gasteiger charge is -2.19. The lowest BCUT2D eigenvalue weighted by molar-refractivity contribution is -0.118. The standard InChI is InChI=1S/C21H25N3O2.ClH/c1-3-14(2)19(22)20(25)23-17-10-8-16(9-11-17)21(26)24-13-12-15-6-4-5-7-18(15)24;/h4-11,14,19H,3,12-13,22H2,1-2H3,(H,23,25);1H. The minimum atomic E-state index is -0.539. The number of rotatable bonds is 5. The number of para-hydroxylation sites is 1. The molecule has 2 aromatic carbocycles. The monoisotopic (exact) mass is 387 g/mol. The molecule has 6 heteroatoms. The summed E-state index contributed by atoms with van der Waals surface area (Å²) in [6.07, 6.45) is 1.73. The molecule has 1 heterocycles. The molecule has 0 saturated heterocycles. The fraction of sp³-hybridized carbons (Fsp3) is 0.333. The Balaban J connectivity index is 0.00000261. The van der Waals surface area contributed by atoms with Crippen LogP contribution in [0.15, 0.2) is 48.5 Å². The number of nitrogens with one attached hydrogen (secondary N) is 1. The lowest BCUT2D eigenvalue weighted by Crippen LogP contribution is -2.40. The fourth-order valence-corrected chi connectivity index (χ4v) is 3.14. The van der Waals surface area contributed by atoms with E-state index in [1.165, 1.54) is 5.56 Å². The summed E-state index contributed by atoms with van der Waals surface area (Å²) in [5.74, 6) is -0.109. The summed E-state index contributed by atoms with van der Waals surface area (Å²) in [6.45, 7) is 4.66. The van der Waals surface area contributed by atoms with Crippen molar-refractivity contribution < 1.29 is 9.59 Å². The smallest absolute Gasteiger partial charge is 0.258 e. The number of hydrogen-bond acceptors (Lipinski definition) is 3. The van der Waals surface area contributed by atoms with Crippen LogP contribution in [0.3, 0.4) is 0 Å². The number of fused-ring (bicyclic) bond motifs is 1. The van der Waals surface area contributed by atoms with E-state index in [-0.39, 0.29) is 30.1 Å². The summed E-state index contributed by atoms with van der Waals surface area (Å²) in [7, 11) is 0. The summed E-state index contributed by atoms with van der Waals surface area (Å²) in [6, 6.07) is 14.4. The Bertz CT molecular complexity index is 807. The molecule has 0 bridgehead atoms. The van der Waals surface area contributed by atoms with Crippen LogP contribution in [0.2, 0.25) is 0 Å². The van der Waals surface area contributed by atoms with Crippen molar-refractivity contribution in [2.24, 2.45) is 11.7 Å². The number of anilines is 2. The van der Waals surface area contributed by atoms with Crippen LogP contribution in [0.5, 0.6) is 0 Å². The average Bonchev–Trinajstić information content (AvgIpc) is 3.10. The van der Waals surface area contributed by atoms with Crippen molar-refractivity contribution in [1.82, 2.24) is 0 Å². The van der Waals surface area contributed by atoms with Gasteiger partial charge in [-0.2, -0.15) is 0 Å². The maximum atomic E-state index is 12.8. The topological polar surface area (TPSA) is 75.4 Å². The van der Waals surface area contributed by atoms with Gasteiger partial charge in [0.25, 0.3) is 5.91 Å². The van der Waals surface area contributed by atoms with Crippen LogP contribution in [0.25, 0.3) is 0 Å². The second kappa shape index (κ2) is 9.02. The average molecular weight is 388 g/mol. The molecule has 3 N–H and O–H groups in total. The Morgan fingerprint density at radius 3 is 2.48 bits per heavy atom. The molecule has 0 radical (unpaired) electrons. The lowest BCUT2D eigenvalue weighted by atomic mass is 9.99. The third-order valence-corrected chi connectivity index (χ3v) is 5.09. The quantitative estimate of drug-likeness (QED) is 0.822. The summed E-state index contributed by atoms with van der Waals surface area (Å²) < 4.78 is 0. The molecule has 2 aromatic rings. The van der Waals surface area contributed by atoms with Gasteiger partial charge in [-0.15, -0.1) is 12.4 Å². The first kappa shape index (κ1) is 20.9. The van der Waals surface area contributed by atoms with E-state index in [1.54, 1.807) is 24.3 Å². The van der Waals surface area contributed by atoms with E-state index in [1.807, 2.05) is 36.9 Å². The second-order valence-corrected chi connectivity index (χ2v) is 6.81. The first-order valence-corrected chi connectivity index (χ1v) is 9.07. The van der Waals surface area contributed by atoms with Crippen molar-refractivity contribution in [3.8, 4) is 0 Å². The highest BCUT2D eigenvalue weighted by atomic mass is 35.5. The predicted molar refractivity (Wildman–Crippen MR) is 112 cm³/mol. The molecule has 0 aromatic heterocycles. The Morgan fingerprint density at radius 2 is 1.81 bits per heavy atom. The summed E-state index contributed by atoms with van der Waals surface area (Å²) >= 11 is 0. The van der Waals surface area contributed by atoms with E-state index >= 15 is 0 Å². The SMILES string of the molecule is CCC(C)C(N)C(=O)Nc1ccc(C(=O)N2CCc3ccccc32)cc1.Cl. The molecule has 2 unspecified atom stereocenters. The molecular weight excluding hydrogens is 362 g/mol. The fourth-order valence-electron chi connectivity index (χ4n) is 3.14. The van der Waals surface area contributed by atoms with Crippen LogP contribution >= 0.6 is 12.4 Å². The second-order valence-electron chi connectivity index (χ2n) is 6.81. The van der Waals surface area contributed by atoms with Crippen molar-refractivity contribution in [2.45, 2.75) is 32.7 Å². The number of nitrogens with zero attached hydrogens (tertiary/aromatic N) is 1. The van der Waals surface area contributed by atoms with Crippen LogP contribution in [0.4, 0.5) is 11.4 Å². The van der Waals surface area contributed by atoms with E-state index in [9.17, 15) is 9.59 Å². The highest BCUT2D eigenvalue weighted by molar-refractivity contribution is 6.07. The highest BCUT2D eigenvalue weighted by Crippen LogP contribution is 2.29. The van der Waals surface area contributed by atoms with Crippen LogP contribution in [0, 0.1) is 5.92 Å². The maximum absolute atomic E-state index is 12.8. The summed E-state index contributed by atoms with van der Waals surface area (Å²) in [5, 5.41) is 2.82. The Morgan fingerprint density at radius 1 is 1.15 bits per heavy atom. The molecule has 0 spiro atoms. The molecule has 0 fully saturated rings. The molecule has 2 atom stereocenters. The zero-order valence-corrected chi connectivity index (χ0v) is 16.5. The number of nitrogens with two attached hydrogens (primary N) is 1. The van der Waals surface area contributed by atoms with Gasteiger partial charge < -0.3 is 16.0 Å². The number of hydrogen-bond donors (Lipinski definition) is 2. The van der Waals surface area contributed by atoms with Gasteiger partial charge in [0.05, 0.1) is 6.04 Å². The van der Waals surface area contributed by atoms with Gasteiger partial charge >= 0.3 is 0 Å². The maximum Gasteiger partial charge on any atom is 0.258 e. The Hall–Kier alpha value is -2.37. The number of amides is 2. The molecule has 1 aliphatic heterocycles. The molecule has 144 valence electrons. The van der Waals surface area contributed by atoms with Crippen molar-refractivity contribution in [1.29, 1.82) is 0 Å². The zero-order chi connectivity index (χ0) is 18.7. The van der Waals surface area contributed by atoms with E-state index < -0.39 is 6.04 Å². The Kier molecular flexibility index (Phi) is 6.99.